The Morgan fingerprint density at radius 2 is 1.69 bits per heavy atom. The molecule has 1 aliphatic carbocycles. The zero-order valence-corrected chi connectivity index (χ0v) is 11.1. The number of halogens is 2. The van der Waals surface area contributed by atoms with Crippen molar-refractivity contribution in [1.29, 1.82) is 0 Å². The quantitative estimate of drug-likeness (QED) is 0.637. The van der Waals surface area contributed by atoms with Crippen LogP contribution in [-0.2, 0) is 9.84 Å². The summed E-state index contributed by atoms with van der Waals surface area (Å²) in [5.41, 5.74) is 0. The first-order valence-electron chi connectivity index (χ1n) is 4.50. The summed E-state index contributed by atoms with van der Waals surface area (Å²) in [5, 5.41) is -0.0642. The van der Waals surface area contributed by atoms with Gasteiger partial charge in [-0.15, -0.1) is 0 Å². The zero-order chi connectivity index (χ0) is 9.64. The van der Waals surface area contributed by atoms with Crippen LogP contribution in [0.25, 0.3) is 0 Å². The molecule has 13 heavy (non-hydrogen) atoms. The predicted octanol–water partition coefficient (Wildman–Crippen LogP) is 2.11. The molecule has 76 valence electrons. The minimum absolute atomic E-state index is 0.0642. The maximum atomic E-state index is 11.6. The first-order chi connectivity index (χ1) is 6.00. The molecule has 2 fully saturated rings. The second kappa shape index (κ2) is 3.49. The van der Waals surface area contributed by atoms with Crippen molar-refractivity contribution in [3.63, 3.8) is 0 Å². The molecule has 0 bridgehead atoms. The predicted molar refractivity (Wildman–Crippen MR) is 60.3 cm³/mol. The van der Waals surface area contributed by atoms with Crippen molar-refractivity contribution in [3.05, 3.63) is 0 Å². The smallest absolute Gasteiger partial charge is 0.153 e. The number of sulfone groups is 1. The summed E-state index contributed by atoms with van der Waals surface area (Å²) in [5.74, 6) is 0.810. The van der Waals surface area contributed by atoms with Crippen LogP contribution in [0.5, 0.6) is 0 Å². The van der Waals surface area contributed by atoms with E-state index in [0.717, 1.165) is 19.3 Å². The highest BCUT2D eigenvalue weighted by atomic mass is 79.9. The third-order valence-corrected chi connectivity index (χ3v) is 8.18. The molecule has 5 heteroatoms. The standard InChI is InChI=1S/C8H12Br2O2S/c9-6-3-5-1-2-13(11,12)8(5)4-7(6)10/h5-8H,1-4H2/t5-,6+,7+,8-/m1/s1. The van der Waals surface area contributed by atoms with Gasteiger partial charge in [-0.1, -0.05) is 31.9 Å². The van der Waals surface area contributed by atoms with Gasteiger partial charge >= 0.3 is 0 Å². The molecule has 1 aliphatic heterocycles. The van der Waals surface area contributed by atoms with Gasteiger partial charge in [-0.2, -0.15) is 0 Å². The molecule has 0 aromatic heterocycles. The van der Waals surface area contributed by atoms with E-state index in [4.69, 9.17) is 0 Å². The van der Waals surface area contributed by atoms with Crippen molar-refractivity contribution in [2.45, 2.75) is 34.2 Å². The second-order valence-corrected chi connectivity index (χ2v) is 8.65. The summed E-state index contributed by atoms with van der Waals surface area (Å²) in [6, 6.07) is 0. The monoisotopic (exact) mass is 330 g/mol. The topological polar surface area (TPSA) is 34.1 Å². The number of rotatable bonds is 0. The van der Waals surface area contributed by atoms with E-state index in [-0.39, 0.29) is 5.25 Å². The van der Waals surface area contributed by atoms with Gasteiger partial charge < -0.3 is 0 Å². The van der Waals surface area contributed by atoms with Gasteiger partial charge in [0, 0.05) is 9.65 Å². The fourth-order valence-electron chi connectivity index (χ4n) is 2.36. The third kappa shape index (κ3) is 1.84. The third-order valence-electron chi connectivity index (χ3n) is 3.14. The van der Waals surface area contributed by atoms with E-state index in [2.05, 4.69) is 31.9 Å². The van der Waals surface area contributed by atoms with Gasteiger partial charge in [-0.3, -0.25) is 0 Å². The number of fused-ring (bicyclic) bond motifs is 1. The van der Waals surface area contributed by atoms with Crippen molar-refractivity contribution in [1.82, 2.24) is 0 Å². The summed E-state index contributed by atoms with van der Waals surface area (Å²) in [4.78, 5) is 0.767. The average Bonchev–Trinajstić information content (AvgIpc) is 2.31. The summed E-state index contributed by atoms with van der Waals surface area (Å²) >= 11 is 7.12. The van der Waals surface area contributed by atoms with Gasteiger partial charge in [0.1, 0.15) is 0 Å². The Hall–Kier alpha value is 0.910. The minimum atomic E-state index is -2.75. The van der Waals surface area contributed by atoms with Crippen molar-refractivity contribution >= 4 is 41.7 Å². The Bertz CT molecular complexity index is 301. The highest BCUT2D eigenvalue weighted by molar-refractivity contribution is 9.12. The van der Waals surface area contributed by atoms with Crippen LogP contribution in [0.3, 0.4) is 0 Å². The molecule has 0 amide bonds. The largest absolute Gasteiger partial charge is 0.229 e. The Morgan fingerprint density at radius 1 is 1.08 bits per heavy atom. The summed E-state index contributed by atoms with van der Waals surface area (Å²) in [6.07, 6.45) is 2.65. The Kier molecular flexibility index (Phi) is 2.80. The molecule has 0 aromatic carbocycles. The highest BCUT2D eigenvalue weighted by Gasteiger charge is 2.45. The normalized spacial score (nSPS) is 48.8. The Balaban J connectivity index is 2.21. The van der Waals surface area contributed by atoms with Crippen molar-refractivity contribution < 1.29 is 8.42 Å². The van der Waals surface area contributed by atoms with Crippen LogP contribution in [0, 0.1) is 5.92 Å². The first-order valence-corrected chi connectivity index (χ1v) is 8.05. The molecular formula is C8H12Br2O2S. The van der Waals surface area contributed by atoms with Crippen LogP contribution in [0.1, 0.15) is 19.3 Å². The number of hydrogen-bond donors (Lipinski definition) is 0. The van der Waals surface area contributed by atoms with Crippen LogP contribution >= 0.6 is 31.9 Å². The van der Waals surface area contributed by atoms with Crippen LogP contribution in [0.15, 0.2) is 0 Å². The zero-order valence-electron chi connectivity index (χ0n) is 7.12. The number of hydrogen-bond acceptors (Lipinski definition) is 2. The van der Waals surface area contributed by atoms with Gasteiger partial charge in [0.2, 0.25) is 0 Å². The van der Waals surface area contributed by atoms with Crippen molar-refractivity contribution in [2.75, 3.05) is 5.75 Å². The summed E-state index contributed by atoms with van der Waals surface area (Å²) in [6.45, 7) is 0. The van der Waals surface area contributed by atoms with E-state index < -0.39 is 9.84 Å². The molecule has 1 heterocycles. The molecule has 0 aromatic rings. The lowest BCUT2D eigenvalue weighted by Crippen LogP contribution is -2.36. The Morgan fingerprint density at radius 3 is 2.38 bits per heavy atom. The number of alkyl halides is 2. The van der Waals surface area contributed by atoms with Crippen LogP contribution in [-0.4, -0.2) is 29.1 Å². The van der Waals surface area contributed by atoms with E-state index in [0.29, 0.717) is 21.3 Å². The van der Waals surface area contributed by atoms with Crippen molar-refractivity contribution in [3.8, 4) is 0 Å². The maximum absolute atomic E-state index is 11.6. The average molecular weight is 332 g/mol. The van der Waals surface area contributed by atoms with Gasteiger partial charge in [0.05, 0.1) is 11.0 Å². The van der Waals surface area contributed by atoms with E-state index >= 15 is 0 Å². The summed E-state index contributed by atoms with van der Waals surface area (Å²) in [7, 11) is -2.75. The molecule has 1 saturated carbocycles. The first kappa shape index (κ1) is 10.4. The van der Waals surface area contributed by atoms with E-state index in [1.807, 2.05) is 0 Å². The fourth-order valence-corrected chi connectivity index (χ4v) is 6.19. The van der Waals surface area contributed by atoms with Crippen LogP contribution < -0.4 is 0 Å². The molecular weight excluding hydrogens is 320 g/mol. The van der Waals surface area contributed by atoms with E-state index in [1.54, 1.807) is 0 Å². The van der Waals surface area contributed by atoms with E-state index in [1.165, 1.54) is 0 Å². The Labute approximate surface area is 95.6 Å². The molecule has 2 aliphatic rings. The van der Waals surface area contributed by atoms with Gasteiger partial charge in [0.25, 0.3) is 0 Å². The van der Waals surface area contributed by atoms with Gasteiger partial charge in [-0.25, -0.2) is 8.42 Å². The lowest BCUT2D eigenvalue weighted by molar-refractivity contribution is 0.392. The lowest BCUT2D eigenvalue weighted by Gasteiger charge is -2.31. The molecule has 0 N–H and O–H groups in total. The highest BCUT2D eigenvalue weighted by Crippen LogP contribution is 2.42. The second-order valence-electron chi connectivity index (χ2n) is 3.96. The molecule has 1 saturated heterocycles. The van der Waals surface area contributed by atoms with Gasteiger partial charge in [0.15, 0.2) is 9.84 Å². The molecule has 0 unspecified atom stereocenters. The van der Waals surface area contributed by atoms with Crippen molar-refractivity contribution in [2.24, 2.45) is 5.92 Å². The van der Waals surface area contributed by atoms with Crippen LogP contribution in [0.2, 0.25) is 0 Å². The molecule has 2 rings (SSSR count). The lowest BCUT2D eigenvalue weighted by atomic mass is 9.87. The molecule has 4 atom stereocenters. The van der Waals surface area contributed by atoms with Crippen LogP contribution in [0.4, 0.5) is 0 Å². The molecule has 0 spiro atoms. The van der Waals surface area contributed by atoms with Gasteiger partial charge in [-0.05, 0) is 25.2 Å². The SMILES string of the molecule is O=S1(=O)CC[C@@H]2C[C@H](Br)[C@@H](Br)C[C@H]21. The van der Waals surface area contributed by atoms with E-state index in [9.17, 15) is 8.42 Å². The molecule has 2 nitrogen and oxygen atoms in total. The summed E-state index contributed by atoms with van der Waals surface area (Å²) < 4.78 is 23.2. The maximum Gasteiger partial charge on any atom is 0.153 e. The molecule has 0 radical (unpaired) electrons. The fraction of sp³-hybridized carbons (Fsp3) is 1.00. The minimum Gasteiger partial charge on any atom is -0.229 e.